The van der Waals surface area contributed by atoms with Gasteiger partial charge in [-0.25, -0.2) is 4.79 Å². The minimum Gasteiger partial charge on any atom is -0.465 e. The van der Waals surface area contributed by atoms with Gasteiger partial charge in [-0.15, -0.1) is 0 Å². The lowest BCUT2D eigenvalue weighted by atomic mass is 10.1. The second-order valence-corrected chi connectivity index (χ2v) is 3.63. The first-order valence-electron chi connectivity index (χ1n) is 5.67. The molecule has 1 aromatic rings. The lowest BCUT2D eigenvalue weighted by molar-refractivity contribution is -0.143. The number of esters is 2. The first kappa shape index (κ1) is 14.2. The Labute approximate surface area is 105 Å². The van der Waals surface area contributed by atoms with Crippen molar-refractivity contribution in [1.82, 2.24) is 4.98 Å². The predicted octanol–water partition coefficient (Wildman–Crippen LogP) is 0.442. The molecule has 0 amide bonds. The second kappa shape index (κ2) is 6.80. The maximum atomic E-state index is 11.6. The number of aromatic amines is 1. The minimum absolute atomic E-state index is 0.0479. The van der Waals surface area contributed by atoms with E-state index in [0.29, 0.717) is 17.7 Å². The van der Waals surface area contributed by atoms with Gasteiger partial charge in [0.1, 0.15) is 6.61 Å². The maximum Gasteiger partial charge on any atom is 0.339 e. The van der Waals surface area contributed by atoms with E-state index >= 15 is 0 Å². The van der Waals surface area contributed by atoms with Crippen molar-refractivity contribution < 1.29 is 24.2 Å². The molecule has 0 aliphatic heterocycles. The molecular weight excluding hydrogens is 238 g/mol. The van der Waals surface area contributed by atoms with Gasteiger partial charge in [-0.05, 0) is 12.0 Å². The number of nitrogens with one attached hydrogen (secondary N) is 1. The molecule has 18 heavy (non-hydrogen) atoms. The number of aliphatic hydroxyl groups is 1. The van der Waals surface area contributed by atoms with E-state index in [2.05, 4.69) is 9.72 Å². The molecule has 6 nitrogen and oxygen atoms in total. The van der Waals surface area contributed by atoms with Gasteiger partial charge in [0.2, 0.25) is 0 Å². The van der Waals surface area contributed by atoms with Crippen LogP contribution in [0.5, 0.6) is 0 Å². The Morgan fingerprint density at radius 3 is 2.72 bits per heavy atom. The number of carbonyl (C=O) groups is 2. The van der Waals surface area contributed by atoms with E-state index in [0.717, 1.165) is 5.56 Å². The van der Waals surface area contributed by atoms with Crippen LogP contribution in [0.15, 0.2) is 6.20 Å². The summed E-state index contributed by atoms with van der Waals surface area (Å²) in [6.45, 7) is 1.64. The lowest BCUT2D eigenvalue weighted by Gasteiger charge is -2.05. The van der Waals surface area contributed by atoms with Crippen LogP contribution in [0.3, 0.4) is 0 Å². The van der Waals surface area contributed by atoms with E-state index in [9.17, 15) is 9.59 Å². The molecule has 0 saturated heterocycles. The highest BCUT2D eigenvalue weighted by atomic mass is 16.5. The van der Waals surface area contributed by atoms with Crippen LogP contribution in [-0.2, 0) is 27.1 Å². The predicted molar refractivity (Wildman–Crippen MR) is 63.3 cm³/mol. The summed E-state index contributed by atoms with van der Waals surface area (Å²) in [5.41, 5.74) is 1.66. The topological polar surface area (TPSA) is 88.6 Å². The minimum atomic E-state index is -0.501. The largest absolute Gasteiger partial charge is 0.465 e. The molecule has 0 radical (unpaired) electrons. The third kappa shape index (κ3) is 3.33. The number of aliphatic hydroxyl groups excluding tert-OH is 1. The molecule has 6 heteroatoms. The summed E-state index contributed by atoms with van der Waals surface area (Å²) in [4.78, 5) is 25.9. The molecule has 0 aromatic carbocycles. The van der Waals surface area contributed by atoms with Gasteiger partial charge in [0, 0.05) is 11.9 Å². The van der Waals surface area contributed by atoms with Crippen molar-refractivity contribution in [2.75, 3.05) is 20.3 Å². The van der Waals surface area contributed by atoms with Crippen molar-refractivity contribution in [3.8, 4) is 0 Å². The molecule has 100 valence electrons. The molecule has 0 aliphatic carbocycles. The third-order valence-corrected chi connectivity index (χ3v) is 2.49. The molecule has 1 rings (SSSR count). The van der Waals surface area contributed by atoms with Gasteiger partial charge in [-0.1, -0.05) is 6.92 Å². The average molecular weight is 255 g/mol. The number of rotatable bonds is 6. The van der Waals surface area contributed by atoms with Gasteiger partial charge in [0.15, 0.2) is 0 Å². The van der Waals surface area contributed by atoms with Crippen molar-refractivity contribution in [3.05, 3.63) is 23.0 Å². The number of ether oxygens (including phenoxy) is 2. The fraction of sp³-hybridized carbons (Fsp3) is 0.500. The molecule has 0 atom stereocenters. The second-order valence-electron chi connectivity index (χ2n) is 3.63. The van der Waals surface area contributed by atoms with Crippen LogP contribution >= 0.6 is 0 Å². The SMILES string of the molecule is CCc1c[nH]c(CC(=O)OCCO)c1C(=O)OC. The van der Waals surface area contributed by atoms with Crippen molar-refractivity contribution >= 4 is 11.9 Å². The fourth-order valence-corrected chi connectivity index (χ4v) is 1.64. The number of carbonyl (C=O) groups excluding carboxylic acids is 2. The highest BCUT2D eigenvalue weighted by Gasteiger charge is 2.20. The molecule has 0 bridgehead atoms. The Bertz CT molecular complexity index is 424. The number of aromatic nitrogens is 1. The van der Waals surface area contributed by atoms with E-state index in [1.165, 1.54) is 7.11 Å². The Balaban J connectivity index is 2.85. The summed E-state index contributed by atoms with van der Waals surface area (Å²) < 4.78 is 9.43. The van der Waals surface area contributed by atoms with Crippen LogP contribution in [0.2, 0.25) is 0 Å². The van der Waals surface area contributed by atoms with Gasteiger partial charge >= 0.3 is 11.9 Å². The number of hydrogen-bond acceptors (Lipinski definition) is 5. The van der Waals surface area contributed by atoms with E-state index in [1.807, 2.05) is 6.92 Å². The summed E-state index contributed by atoms with van der Waals surface area (Å²) in [5.74, 6) is -0.975. The van der Waals surface area contributed by atoms with Crippen LogP contribution in [0.4, 0.5) is 0 Å². The number of aryl methyl sites for hydroxylation is 1. The third-order valence-electron chi connectivity index (χ3n) is 2.49. The smallest absolute Gasteiger partial charge is 0.339 e. The monoisotopic (exact) mass is 255 g/mol. The summed E-state index contributed by atoms with van der Waals surface area (Å²) in [6.07, 6.45) is 2.29. The van der Waals surface area contributed by atoms with Gasteiger partial charge in [-0.2, -0.15) is 0 Å². The Morgan fingerprint density at radius 1 is 1.44 bits per heavy atom. The number of H-pyrrole nitrogens is 1. The van der Waals surface area contributed by atoms with Gasteiger partial charge in [-0.3, -0.25) is 4.79 Å². The van der Waals surface area contributed by atoms with Gasteiger partial charge < -0.3 is 19.6 Å². The summed E-state index contributed by atoms with van der Waals surface area (Å²) in [5, 5.41) is 8.55. The zero-order chi connectivity index (χ0) is 13.5. The maximum absolute atomic E-state index is 11.6. The first-order chi connectivity index (χ1) is 8.63. The van der Waals surface area contributed by atoms with Gasteiger partial charge in [0.05, 0.1) is 25.7 Å². The molecule has 1 heterocycles. The highest BCUT2D eigenvalue weighted by Crippen LogP contribution is 2.17. The molecule has 2 N–H and O–H groups in total. The average Bonchev–Trinajstić information content (AvgIpc) is 2.78. The highest BCUT2D eigenvalue weighted by molar-refractivity contribution is 5.93. The molecule has 0 unspecified atom stereocenters. The van der Waals surface area contributed by atoms with Gasteiger partial charge in [0.25, 0.3) is 0 Å². The molecule has 0 fully saturated rings. The van der Waals surface area contributed by atoms with E-state index in [4.69, 9.17) is 9.84 Å². The normalized spacial score (nSPS) is 10.2. The molecular formula is C12H17NO5. The fourth-order valence-electron chi connectivity index (χ4n) is 1.64. The quantitative estimate of drug-likeness (QED) is 0.720. The van der Waals surface area contributed by atoms with E-state index < -0.39 is 11.9 Å². The Morgan fingerprint density at radius 2 is 2.17 bits per heavy atom. The van der Waals surface area contributed by atoms with Crippen LogP contribution < -0.4 is 0 Å². The van der Waals surface area contributed by atoms with Crippen molar-refractivity contribution in [3.63, 3.8) is 0 Å². The van der Waals surface area contributed by atoms with Crippen LogP contribution in [0.1, 0.15) is 28.5 Å². The van der Waals surface area contributed by atoms with Crippen molar-refractivity contribution in [2.24, 2.45) is 0 Å². The standard InChI is InChI=1S/C12H17NO5/c1-3-8-7-13-9(11(8)12(16)17-2)6-10(15)18-5-4-14/h7,13-14H,3-6H2,1-2H3. The van der Waals surface area contributed by atoms with Crippen LogP contribution in [0.25, 0.3) is 0 Å². The van der Waals surface area contributed by atoms with Crippen molar-refractivity contribution in [1.29, 1.82) is 0 Å². The van der Waals surface area contributed by atoms with Crippen molar-refractivity contribution in [2.45, 2.75) is 19.8 Å². The number of methoxy groups -OCH3 is 1. The summed E-state index contributed by atoms with van der Waals surface area (Å²) in [7, 11) is 1.29. The first-order valence-corrected chi connectivity index (χ1v) is 5.67. The molecule has 0 saturated carbocycles. The van der Waals surface area contributed by atoms with E-state index in [1.54, 1.807) is 6.20 Å². The zero-order valence-corrected chi connectivity index (χ0v) is 10.5. The Kier molecular flexibility index (Phi) is 5.38. The van der Waals surface area contributed by atoms with E-state index in [-0.39, 0.29) is 19.6 Å². The summed E-state index contributed by atoms with van der Waals surface area (Å²) in [6, 6.07) is 0. The Hall–Kier alpha value is -1.82. The lowest BCUT2D eigenvalue weighted by Crippen LogP contribution is -2.14. The number of hydrogen-bond donors (Lipinski definition) is 2. The van der Waals surface area contributed by atoms with Crippen LogP contribution in [0, 0.1) is 0 Å². The molecule has 0 spiro atoms. The van der Waals surface area contributed by atoms with Crippen LogP contribution in [-0.4, -0.2) is 42.4 Å². The molecule has 0 aliphatic rings. The zero-order valence-electron chi connectivity index (χ0n) is 10.5. The molecule has 1 aromatic heterocycles. The summed E-state index contributed by atoms with van der Waals surface area (Å²) >= 11 is 0.